The largest absolute Gasteiger partial charge is 0.466 e. The number of aliphatic hydroxyl groups is 1. The van der Waals surface area contributed by atoms with Crippen LogP contribution in [0, 0.1) is 0 Å². The standard InChI is InChI=1S/C11H21NO3/c1-9(10(14)15-4)5-7-12-11(2,3)6-8-13/h5,12-13H,6-8H2,1-4H3. The fourth-order valence-electron chi connectivity index (χ4n) is 1.09. The molecule has 4 nitrogen and oxygen atoms in total. The summed E-state index contributed by atoms with van der Waals surface area (Å²) in [5.74, 6) is -0.309. The van der Waals surface area contributed by atoms with Crippen LogP contribution in [-0.2, 0) is 9.53 Å². The molecule has 0 amide bonds. The minimum atomic E-state index is -0.309. The van der Waals surface area contributed by atoms with Crippen LogP contribution in [0.3, 0.4) is 0 Å². The van der Waals surface area contributed by atoms with E-state index in [1.165, 1.54) is 7.11 Å². The highest BCUT2D eigenvalue weighted by molar-refractivity contribution is 5.87. The Morgan fingerprint density at radius 3 is 2.60 bits per heavy atom. The van der Waals surface area contributed by atoms with Crippen molar-refractivity contribution in [3.8, 4) is 0 Å². The number of nitrogens with one attached hydrogen (secondary N) is 1. The zero-order chi connectivity index (χ0) is 11.9. The molecular weight excluding hydrogens is 194 g/mol. The number of methoxy groups -OCH3 is 1. The molecule has 0 radical (unpaired) electrons. The van der Waals surface area contributed by atoms with Crippen LogP contribution >= 0.6 is 0 Å². The number of ether oxygens (including phenoxy) is 1. The van der Waals surface area contributed by atoms with Gasteiger partial charge in [-0.2, -0.15) is 0 Å². The normalized spacial score (nSPS) is 12.7. The smallest absolute Gasteiger partial charge is 0.333 e. The zero-order valence-electron chi connectivity index (χ0n) is 9.96. The summed E-state index contributed by atoms with van der Waals surface area (Å²) >= 11 is 0. The van der Waals surface area contributed by atoms with E-state index < -0.39 is 0 Å². The van der Waals surface area contributed by atoms with Crippen molar-refractivity contribution in [3.63, 3.8) is 0 Å². The predicted molar refractivity (Wildman–Crippen MR) is 59.6 cm³/mol. The van der Waals surface area contributed by atoms with Gasteiger partial charge in [-0.3, -0.25) is 0 Å². The van der Waals surface area contributed by atoms with Crippen LogP contribution in [0.15, 0.2) is 11.6 Å². The number of esters is 1. The lowest BCUT2D eigenvalue weighted by Gasteiger charge is -2.24. The number of hydrogen-bond acceptors (Lipinski definition) is 4. The van der Waals surface area contributed by atoms with E-state index in [1.807, 2.05) is 13.8 Å². The van der Waals surface area contributed by atoms with Gasteiger partial charge in [0.05, 0.1) is 7.11 Å². The summed E-state index contributed by atoms with van der Waals surface area (Å²) < 4.78 is 4.57. The number of carbonyl (C=O) groups is 1. The Kier molecular flexibility index (Phi) is 6.20. The number of rotatable bonds is 6. The average Bonchev–Trinajstić information content (AvgIpc) is 2.15. The van der Waals surface area contributed by atoms with E-state index in [0.29, 0.717) is 18.5 Å². The molecule has 0 bridgehead atoms. The summed E-state index contributed by atoms with van der Waals surface area (Å²) in [6, 6.07) is 0. The van der Waals surface area contributed by atoms with Crippen LogP contribution in [0.2, 0.25) is 0 Å². The predicted octanol–water partition coefficient (Wildman–Crippen LogP) is 0.856. The van der Waals surface area contributed by atoms with Crippen LogP contribution in [-0.4, -0.2) is 36.9 Å². The lowest BCUT2D eigenvalue weighted by atomic mass is 10.0. The zero-order valence-corrected chi connectivity index (χ0v) is 9.96. The van der Waals surface area contributed by atoms with Gasteiger partial charge in [-0.25, -0.2) is 4.79 Å². The van der Waals surface area contributed by atoms with Gasteiger partial charge in [-0.15, -0.1) is 0 Å². The molecule has 0 fully saturated rings. The first-order valence-electron chi connectivity index (χ1n) is 5.04. The molecule has 2 N–H and O–H groups in total. The highest BCUT2D eigenvalue weighted by atomic mass is 16.5. The van der Waals surface area contributed by atoms with Gasteiger partial charge in [-0.1, -0.05) is 6.08 Å². The summed E-state index contributed by atoms with van der Waals surface area (Å²) in [7, 11) is 1.36. The molecule has 0 unspecified atom stereocenters. The number of hydrogen-bond donors (Lipinski definition) is 2. The summed E-state index contributed by atoms with van der Waals surface area (Å²) in [6.45, 7) is 6.47. The summed E-state index contributed by atoms with van der Waals surface area (Å²) in [4.78, 5) is 11.0. The molecule has 0 aromatic carbocycles. The van der Waals surface area contributed by atoms with Crippen molar-refractivity contribution in [1.29, 1.82) is 0 Å². The molecule has 0 aromatic rings. The Morgan fingerprint density at radius 2 is 2.13 bits per heavy atom. The van der Waals surface area contributed by atoms with Gasteiger partial charge < -0.3 is 15.2 Å². The Labute approximate surface area is 91.3 Å². The lowest BCUT2D eigenvalue weighted by Crippen LogP contribution is -2.40. The molecule has 0 rings (SSSR count). The average molecular weight is 215 g/mol. The minimum absolute atomic E-state index is 0.123. The van der Waals surface area contributed by atoms with E-state index in [1.54, 1.807) is 13.0 Å². The first kappa shape index (κ1) is 14.1. The third kappa shape index (κ3) is 6.25. The second kappa shape index (κ2) is 6.58. The molecule has 0 aliphatic carbocycles. The molecule has 0 spiro atoms. The molecule has 0 aromatic heterocycles. The summed E-state index contributed by atoms with van der Waals surface area (Å²) in [6.07, 6.45) is 2.46. The van der Waals surface area contributed by atoms with E-state index in [-0.39, 0.29) is 18.1 Å². The van der Waals surface area contributed by atoms with Gasteiger partial charge >= 0.3 is 5.97 Å². The van der Waals surface area contributed by atoms with Crippen molar-refractivity contribution < 1.29 is 14.6 Å². The van der Waals surface area contributed by atoms with E-state index >= 15 is 0 Å². The first-order valence-corrected chi connectivity index (χ1v) is 5.04. The monoisotopic (exact) mass is 215 g/mol. The first-order chi connectivity index (χ1) is 6.93. The summed E-state index contributed by atoms with van der Waals surface area (Å²) in [5.41, 5.74) is 0.464. The molecule has 0 atom stereocenters. The maximum Gasteiger partial charge on any atom is 0.333 e. The number of carbonyl (C=O) groups excluding carboxylic acids is 1. The molecule has 4 heteroatoms. The van der Waals surface area contributed by atoms with Gasteiger partial charge in [-0.05, 0) is 27.2 Å². The third-order valence-electron chi connectivity index (χ3n) is 2.23. The highest BCUT2D eigenvalue weighted by Gasteiger charge is 2.14. The second-order valence-corrected chi connectivity index (χ2v) is 4.12. The maximum absolute atomic E-state index is 11.0. The van der Waals surface area contributed by atoms with Crippen molar-refractivity contribution >= 4 is 5.97 Å². The molecule has 0 aliphatic rings. The third-order valence-corrected chi connectivity index (χ3v) is 2.23. The second-order valence-electron chi connectivity index (χ2n) is 4.12. The maximum atomic E-state index is 11.0. The van der Waals surface area contributed by atoms with Crippen molar-refractivity contribution in [3.05, 3.63) is 11.6 Å². The van der Waals surface area contributed by atoms with Gasteiger partial charge in [0.2, 0.25) is 0 Å². The van der Waals surface area contributed by atoms with Gasteiger partial charge in [0, 0.05) is 24.3 Å². The van der Waals surface area contributed by atoms with E-state index in [4.69, 9.17) is 5.11 Å². The molecule has 88 valence electrons. The van der Waals surface area contributed by atoms with Gasteiger partial charge in [0.15, 0.2) is 0 Å². The van der Waals surface area contributed by atoms with Crippen molar-refractivity contribution in [2.45, 2.75) is 32.7 Å². The van der Waals surface area contributed by atoms with Crippen LogP contribution in [0.4, 0.5) is 0 Å². The number of aliphatic hydroxyl groups excluding tert-OH is 1. The highest BCUT2D eigenvalue weighted by Crippen LogP contribution is 2.06. The van der Waals surface area contributed by atoms with E-state index in [2.05, 4.69) is 10.1 Å². The van der Waals surface area contributed by atoms with Crippen LogP contribution in [0.1, 0.15) is 27.2 Å². The van der Waals surface area contributed by atoms with Crippen LogP contribution in [0.25, 0.3) is 0 Å². The molecule has 15 heavy (non-hydrogen) atoms. The molecule has 0 saturated carbocycles. The SMILES string of the molecule is COC(=O)C(C)=CCNC(C)(C)CCO. The minimum Gasteiger partial charge on any atom is -0.466 e. The lowest BCUT2D eigenvalue weighted by molar-refractivity contribution is -0.136. The molecule has 0 saturated heterocycles. The summed E-state index contributed by atoms with van der Waals surface area (Å²) in [5, 5.41) is 12.0. The van der Waals surface area contributed by atoms with Crippen molar-refractivity contribution in [2.75, 3.05) is 20.3 Å². The van der Waals surface area contributed by atoms with Crippen molar-refractivity contribution in [1.82, 2.24) is 5.32 Å². The van der Waals surface area contributed by atoms with Crippen molar-refractivity contribution in [2.24, 2.45) is 0 Å². The van der Waals surface area contributed by atoms with Crippen LogP contribution < -0.4 is 5.32 Å². The Bertz CT molecular complexity index is 234. The van der Waals surface area contributed by atoms with Gasteiger partial charge in [0.1, 0.15) is 0 Å². The quantitative estimate of drug-likeness (QED) is 0.509. The Morgan fingerprint density at radius 1 is 1.53 bits per heavy atom. The van der Waals surface area contributed by atoms with E-state index in [0.717, 1.165) is 0 Å². The molecule has 0 aliphatic heterocycles. The Hall–Kier alpha value is -0.870. The van der Waals surface area contributed by atoms with E-state index in [9.17, 15) is 4.79 Å². The van der Waals surface area contributed by atoms with Gasteiger partial charge in [0.25, 0.3) is 0 Å². The van der Waals surface area contributed by atoms with Crippen LogP contribution in [0.5, 0.6) is 0 Å². The topological polar surface area (TPSA) is 58.6 Å². The fourth-order valence-corrected chi connectivity index (χ4v) is 1.09. The Balaban J connectivity index is 4.01. The molecular formula is C11H21NO3. The fraction of sp³-hybridized carbons (Fsp3) is 0.727. The molecule has 0 heterocycles.